The minimum atomic E-state index is -0.608. The lowest BCUT2D eigenvalue weighted by molar-refractivity contribution is -0.114. The molecule has 0 radical (unpaired) electrons. The van der Waals surface area contributed by atoms with Crippen molar-refractivity contribution in [3.05, 3.63) is 65.7 Å². The molecule has 0 bridgehead atoms. The molecule has 0 atom stereocenters. The van der Waals surface area contributed by atoms with Crippen LogP contribution in [0.1, 0.15) is 22.8 Å². The van der Waals surface area contributed by atoms with Gasteiger partial charge in [-0.25, -0.2) is 0 Å². The molecule has 0 aliphatic rings. The van der Waals surface area contributed by atoms with Gasteiger partial charge >= 0.3 is 0 Å². The Balaban J connectivity index is 2.03. The van der Waals surface area contributed by atoms with Gasteiger partial charge in [-0.15, -0.1) is 0 Å². The predicted molar refractivity (Wildman–Crippen MR) is 93.4 cm³/mol. The first-order chi connectivity index (χ1) is 11.5. The molecule has 6 nitrogen and oxygen atoms in total. The Morgan fingerprint density at radius 1 is 0.958 bits per heavy atom. The molecule has 2 rings (SSSR count). The quantitative estimate of drug-likeness (QED) is 0.736. The Morgan fingerprint density at radius 3 is 2.25 bits per heavy atom. The van der Waals surface area contributed by atoms with E-state index in [2.05, 4.69) is 10.6 Å². The van der Waals surface area contributed by atoms with E-state index in [1.807, 2.05) is 0 Å². The first-order valence-corrected chi connectivity index (χ1v) is 7.21. The monoisotopic (exact) mass is 323 g/mol. The first-order valence-electron chi connectivity index (χ1n) is 7.21. The van der Waals surface area contributed by atoms with E-state index < -0.39 is 5.91 Å². The summed E-state index contributed by atoms with van der Waals surface area (Å²) in [4.78, 5) is 34.2. The lowest BCUT2D eigenvalue weighted by Gasteiger charge is -2.06. The first kappa shape index (κ1) is 17.0. The van der Waals surface area contributed by atoms with E-state index >= 15 is 0 Å². The van der Waals surface area contributed by atoms with Gasteiger partial charge in [0.2, 0.25) is 11.8 Å². The molecule has 0 aliphatic carbocycles. The predicted octanol–water partition coefficient (Wildman–Crippen LogP) is 2.40. The third-order valence-electron chi connectivity index (χ3n) is 3.11. The van der Waals surface area contributed by atoms with Gasteiger partial charge in [-0.2, -0.15) is 0 Å². The van der Waals surface area contributed by atoms with Crippen LogP contribution in [0.4, 0.5) is 11.4 Å². The molecule has 122 valence electrons. The highest BCUT2D eigenvalue weighted by molar-refractivity contribution is 6.07. The van der Waals surface area contributed by atoms with Crippen molar-refractivity contribution < 1.29 is 14.4 Å². The molecule has 0 heterocycles. The standard InChI is InChI=1S/C18H17N3O3/c1-12(22)20-14-9-6-13(7-10-14)8-11-17(23)21-16-5-3-2-4-15(16)18(19)24/h2-11H,1H3,(H2,19,24)(H,20,22)(H,21,23)/b11-8+. The number of amides is 3. The number of para-hydroxylation sites is 1. The van der Waals surface area contributed by atoms with Gasteiger partial charge in [-0.1, -0.05) is 24.3 Å². The Labute approximate surface area is 139 Å². The lowest BCUT2D eigenvalue weighted by atomic mass is 10.1. The average molecular weight is 323 g/mol. The summed E-state index contributed by atoms with van der Waals surface area (Å²) in [6.45, 7) is 1.43. The summed E-state index contributed by atoms with van der Waals surface area (Å²) in [6, 6.07) is 13.5. The van der Waals surface area contributed by atoms with E-state index in [0.717, 1.165) is 5.56 Å². The van der Waals surface area contributed by atoms with E-state index in [9.17, 15) is 14.4 Å². The summed E-state index contributed by atoms with van der Waals surface area (Å²) in [5.74, 6) is -1.14. The zero-order valence-corrected chi connectivity index (χ0v) is 13.1. The van der Waals surface area contributed by atoms with Crippen molar-refractivity contribution >= 4 is 35.2 Å². The number of hydrogen-bond acceptors (Lipinski definition) is 3. The summed E-state index contributed by atoms with van der Waals surface area (Å²) in [6.07, 6.45) is 2.98. The highest BCUT2D eigenvalue weighted by Crippen LogP contribution is 2.15. The van der Waals surface area contributed by atoms with Crippen LogP contribution in [0.2, 0.25) is 0 Å². The van der Waals surface area contributed by atoms with Crippen LogP contribution in [0.15, 0.2) is 54.6 Å². The van der Waals surface area contributed by atoms with E-state index in [1.54, 1.807) is 54.6 Å². The molecule has 6 heteroatoms. The second-order valence-electron chi connectivity index (χ2n) is 5.04. The molecule has 0 saturated heterocycles. The van der Waals surface area contributed by atoms with Gasteiger partial charge in [0.25, 0.3) is 5.91 Å². The van der Waals surface area contributed by atoms with E-state index in [0.29, 0.717) is 11.4 Å². The molecule has 0 spiro atoms. The van der Waals surface area contributed by atoms with Crippen molar-refractivity contribution in [3.63, 3.8) is 0 Å². The summed E-state index contributed by atoms with van der Waals surface area (Å²) in [5.41, 5.74) is 7.35. The average Bonchev–Trinajstić information content (AvgIpc) is 2.54. The minimum absolute atomic E-state index is 0.147. The second kappa shape index (κ2) is 7.73. The van der Waals surface area contributed by atoms with Crippen molar-refractivity contribution in [1.82, 2.24) is 0 Å². The molecule has 3 amide bonds. The zero-order valence-electron chi connectivity index (χ0n) is 13.1. The van der Waals surface area contributed by atoms with Crippen LogP contribution in [0, 0.1) is 0 Å². The highest BCUT2D eigenvalue weighted by atomic mass is 16.2. The number of nitrogens with one attached hydrogen (secondary N) is 2. The zero-order chi connectivity index (χ0) is 17.5. The van der Waals surface area contributed by atoms with E-state index in [-0.39, 0.29) is 17.4 Å². The van der Waals surface area contributed by atoms with Gasteiger partial charge in [0.1, 0.15) is 0 Å². The van der Waals surface area contributed by atoms with Crippen molar-refractivity contribution in [2.75, 3.05) is 10.6 Å². The molecule has 0 aliphatic heterocycles. The van der Waals surface area contributed by atoms with Gasteiger partial charge < -0.3 is 16.4 Å². The fraction of sp³-hybridized carbons (Fsp3) is 0.0556. The van der Waals surface area contributed by atoms with Crippen molar-refractivity contribution in [3.8, 4) is 0 Å². The molecule has 0 saturated carbocycles. The van der Waals surface area contributed by atoms with Gasteiger partial charge in [0, 0.05) is 18.7 Å². The molecule has 0 aromatic heterocycles. The maximum absolute atomic E-state index is 12.0. The van der Waals surface area contributed by atoms with Crippen molar-refractivity contribution in [2.45, 2.75) is 6.92 Å². The number of hydrogen-bond donors (Lipinski definition) is 3. The Kier molecular flexibility index (Phi) is 5.46. The van der Waals surface area contributed by atoms with Gasteiger partial charge in [-0.3, -0.25) is 14.4 Å². The fourth-order valence-corrected chi connectivity index (χ4v) is 2.03. The van der Waals surface area contributed by atoms with Gasteiger partial charge in [-0.05, 0) is 35.9 Å². The van der Waals surface area contributed by atoms with Crippen LogP contribution in [0.25, 0.3) is 6.08 Å². The van der Waals surface area contributed by atoms with E-state index in [4.69, 9.17) is 5.73 Å². The second-order valence-corrected chi connectivity index (χ2v) is 5.04. The number of benzene rings is 2. The molecule has 24 heavy (non-hydrogen) atoms. The van der Waals surface area contributed by atoms with Crippen molar-refractivity contribution in [1.29, 1.82) is 0 Å². The van der Waals surface area contributed by atoms with Crippen molar-refractivity contribution in [2.24, 2.45) is 5.73 Å². The normalized spacial score (nSPS) is 10.4. The number of carbonyl (C=O) groups excluding carboxylic acids is 3. The maximum atomic E-state index is 12.0. The number of carbonyl (C=O) groups is 3. The number of nitrogens with two attached hydrogens (primary N) is 1. The molecule has 4 N–H and O–H groups in total. The van der Waals surface area contributed by atoms with Crippen LogP contribution < -0.4 is 16.4 Å². The maximum Gasteiger partial charge on any atom is 0.250 e. The molecule has 2 aromatic carbocycles. The largest absolute Gasteiger partial charge is 0.366 e. The fourth-order valence-electron chi connectivity index (χ4n) is 2.03. The molecule has 0 unspecified atom stereocenters. The highest BCUT2D eigenvalue weighted by Gasteiger charge is 2.08. The smallest absolute Gasteiger partial charge is 0.250 e. The molecule has 0 fully saturated rings. The Hall–Kier alpha value is -3.41. The van der Waals surface area contributed by atoms with Crippen LogP contribution in [0.3, 0.4) is 0 Å². The molecular weight excluding hydrogens is 306 g/mol. The topological polar surface area (TPSA) is 101 Å². The molecule has 2 aromatic rings. The van der Waals surface area contributed by atoms with Crippen LogP contribution in [-0.2, 0) is 9.59 Å². The molecular formula is C18H17N3O3. The number of primary amides is 1. The van der Waals surface area contributed by atoms with Crippen LogP contribution >= 0.6 is 0 Å². The summed E-state index contributed by atoms with van der Waals surface area (Å²) in [7, 11) is 0. The lowest BCUT2D eigenvalue weighted by Crippen LogP contribution is -2.16. The minimum Gasteiger partial charge on any atom is -0.366 e. The van der Waals surface area contributed by atoms with Gasteiger partial charge in [0.15, 0.2) is 0 Å². The number of anilines is 2. The number of rotatable bonds is 5. The Bertz CT molecular complexity index is 795. The SMILES string of the molecule is CC(=O)Nc1ccc(/C=C/C(=O)Nc2ccccc2C(N)=O)cc1. The van der Waals surface area contributed by atoms with Crippen LogP contribution in [-0.4, -0.2) is 17.7 Å². The van der Waals surface area contributed by atoms with Crippen LogP contribution in [0.5, 0.6) is 0 Å². The summed E-state index contributed by atoms with van der Waals surface area (Å²) >= 11 is 0. The Morgan fingerprint density at radius 2 is 1.62 bits per heavy atom. The van der Waals surface area contributed by atoms with Gasteiger partial charge in [0.05, 0.1) is 11.3 Å². The van der Waals surface area contributed by atoms with E-state index in [1.165, 1.54) is 13.0 Å². The third-order valence-corrected chi connectivity index (χ3v) is 3.11. The summed E-state index contributed by atoms with van der Waals surface area (Å²) in [5, 5.41) is 5.28. The third kappa shape index (κ3) is 4.81. The summed E-state index contributed by atoms with van der Waals surface area (Å²) < 4.78 is 0.